The first-order chi connectivity index (χ1) is 12.2. The molecule has 11 nitrogen and oxygen atoms in total. The zero-order chi connectivity index (χ0) is 19.2. The van der Waals surface area contributed by atoms with Crippen molar-refractivity contribution in [1.82, 2.24) is 5.32 Å². The Morgan fingerprint density at radius 2 is 1.58 bits per heavy atom. The van der Waals surface area contributed by atoms with Crippen molar-refractivity contribution in [3.05, 3.63) is 0 Å². The lowest BCUT2D eigenvalue weighted by Crippen LogP contribution is -2.68. The van der Waals surface area contributed by atoms with Crippen LogP contribution in [0.4, 0.5) is 0 Å². The van der Waals surface area contributed by atoms with E-state index in [9.17, 15) is 20.4 Å². The maximum absolute atomic E-state index is 10.5. The molecular weight excluding hydrogens is 348 g/mol. The van der Waals surface area contributed by atoms with Gasteiger partial charge in [0.25, 0.3) is 0 Å². The molecule has 26 heavy (non-hydrogen) atoms. The first-order valence-electron chi connectivity index (χ1n) is 8.87. The van der Waals surface area contributed by atoms with E-state index >= 15 is 0 Å². The molecule has 5 unspecified atom stereocenters. The van der Waals surface area contributed by atoms with Crippen LogP contribution in [-0.2, 0) is 14.2 Å². The van der Waals surface area contributed by atoms with Gasteiger partial charge in [-0.25, -0.2) is 0 Å². The molecule has 0 aromatic rings. The first kappa shape index (κ1) is 20.3. The highest BCUT2D eigenvalue weighted by Gasteiger charge is 2.51. The van der Waals surface area contributed by atoms with Gasteiger partial charge >= 0.3 is 0 Å². The van der Waals surface area contributed by atoms with Crippen molar-refractivity contribution in [2.45, 2.75) is 86.2 Å². The largest absolute Gasteiger partial charge is 0.389 e. The van der Waals surface area contributed by atoms with Crippen LogP contribution in [0, 0.1) is 0 Å². The van der Waals surface area contributed by atoms with E-state index in [4.69, 9.17) is 31.4 Å². The molecule has 11 heteroatoms. The third-order valence-electron chi connectivity index (χ3n) is 5.55. The van der Waals surface area contributed by atoms with Crippen LogP contribution in [0.15, 0.2) is 0 Å². The fourth-order valence-electron chi connectivity index (χ4n) is 4.00. The van der Waals surface area contributed by atoms with Gasteiger partial charge in [-0.1, -0.05) is 0 Å². The average Bonchev–Trinajstić information content (AvgIpc) is 2.58. The summed E-state index contributed by atoms with van der Waals surface area (Å²) in [6, 6.07) is -2.60. The maximum atomic E-state index is 10.5. The number of ether oxygens (including phenoxy) is 3. The molecule has 0 aromatic carbocycles. The van der Waals surface area contributed by atoms with Crippen molar-refractivity contribution in [2.75, 3.05) is 7.05 Å². The first-order valence-corrected chi connectivity index (χ1v) is 8.87. The summed E-state index contributed by atoms with van der Waals surface area (Å²) >= 11 is 0. The van der Waals surface area contributed by atoms with Gasteiger partial charge in [0.15, 0.2) is 12.6 Å². The molecule has 2 aliphatic heterocycles. The number of likely N-dealkylation sites (N-methyl/N-ethyl adjacent to an activating group) is 1. The van der Waals surface area contributed by atoms with E-state index in [1.165, 1.54) is 0 Å². The Hall–Kier alpha value is -0.440. The van der Waals surface area contributed by atoms with E-state index in [1.54, 1.807) is 7.05 Å². The molecule has 2 saturated heterocycles. The number of aliphatic hydroxyl groups is 4. The number of nitrogens with two attached hydrogens (primary N) is 3. The van der Waals surface area contributed by atoms with Crippen LogP contribution in [0.5, 0.6) is 0 Å². The van der Waals surface area contributed by atoms with Crippen LogP contribution in [0.3, 0.4) is 0 Å². The highest BCUT2D eigenvalue weighted by Crippen LogP contribution is 2.33. The van der Waals surface area contributed by atoms with Gasteiger partial charge in [-0.3, -0.25) is 0 Å². The topological polar surface area (TPSA) is 199 Å². The summed E-state index contributed by atoms with van der Waals surface area (Å²) in [5, 5.41) is 43.4. The molecule has 0 amide bonds. The summed E-state index contributed by atoms with van der Waals surface area (Å²) in [7, 11) is 1.59. The van der Waals surface area contributed by atoms with Gasteiger partial charge < -0.3 is 57.2 Å². The summed E-state index contributed by atoms with van der Waals surface area (Å²) in [5.74, 6) is 0. The van der Waals surface area contributed by atoms with E-state index in [0.29, 0.717) is 0 Å². The van der Waals surface area contributed by atoms with Gasteiger partial charge in [0, 0.05) is 12.1 Å². The molecule has 12 atom stereocenters. The van der Waals surface area contributed by atoms with Crippen molar-refractivity contribution in [3.63, 3.8) is 0 Å². The fraction of sp³-hybridized carbons (Fsp3) is 1.00. The van der Waals surface area contributed by atoms with Crippen LogP contribution in [0.1, 0.15) is 12.8 Å². The number of hydrogen-bond donors (Lipinski definition) is 8. The quantitative estimate of drug-likeness (QED) is 0.234. The van der Waals surface area contributed by atoms with Gasteiger partial charge in [0.2, 0.25) is 0 Å². The minimum atomic E-state index is -1.28. The van der Waals surface area contributed by atoms with E-state index in [2.05, 4.69) is 5.32 Å². The third-order valence-corrected chi connectivity index (χ3v) is 5.55. The number of rotatable bonds is 3. The summed E-state index contributed by atoms with van der Waals surface area (Å²) in [5.41, 5.74) is 17.9. The van der Waals surface area contributed by atoms with Crippen LogP contribution in [0.2, 0.25) is 0 Å². The summed E-state index contributed by atoms with van der Waals surface area (Å²) in [6.07, 6.45) is -7.36. The minimum absolute atomic E-state index is 0.274. The molecule has 3 rings (SSSR count). The SMILES string of the molecule is CNC1C(O)[C@H]2O[C@H](O[C@@H]3C(N)C[C@@H](N)C(O)[C@H]3O)C(N)C[C@@H]2O[C@@H]1O. The average molecular weight is 378 g/mol. The van der Waals surface area contributed by atoms with Crippen LogP contribution >= 0.6 is 0 Å². The van der Waals surface area contributed by atoms with Crippen molar-refractivity contribution in [3.8, 4) is 0 Å². The highest BCUT2D eigenvalue weighted by atomic mass is 16.7. The molecule has 1 saturated carbocycles. The molecule has 152 valence electrons. The Kier molecular flexibility index (Phi) is 6.16. The Morgan fingerprint density at radius 3 is 2.23 bits per heavy atom. The molecule has 0 spiro atoms. The molecule has 3 fully saturated rings. The zero-order valence-corrected chi connectivity index (χ0v) is 14.6. The van der Waals surface area contributed by atoms with Crippen molar-refractivity contribution < 1.29 is 34.6 Å². The van der Waals surface area contributed by atoms with Gasteiger partial charge in [0.05, 0.1) is 24.3 Å². The number of nitrogens with one attached hydrogen (secondary N) is 1. The molecule has 11 N–H and O–H groups in total. The monoisotopic (exact) mass is 378 g/mol. The predicted molar refractivity (Wildman–Crippen MR) is 88.4 cm³/mol. The number of fused-ring (bicyclic) bond motifs is 1. The predicted octanol–water partition coefficient (Wildman–Crippen LogP) is -4.74. The fourth-order valence-corrected chi connectivity index (χ4v) is 4.00. The van der Waals surface area contributed by atoms with Gasteiger partial charge in [0.1, 0.15) is 24.4 Å². The summed E-state index contributed by atoms with van der Waals surface area (Å²) in [6.45, 7) is 0. The van der Waals surface area contributed by atoms with E-state index in [-0.39, 0.29) is 12.8 Å². The Morgan fingerprint density at radius 1 is 0.885 bits per heavy atom. The number of hydrogen-bond acceptors (Lipinski definition) is 11. The van der Waals surface area contributed by atoms with Gasteiger partial charge in [-0.15, -0.1) is 0 Å². The minimum Gasteiger partial charge on any atom is -0.389 e. The van der Waals surface area contributed by atoms with E-state index in [1.807, 2.05) is 0 Å². The second-order valence-corrected chi connectivity index (χ2v) is 7.38. The second-order valence-electron chi connectivity index (χ2n) is 7.38. The third kappa shape index (κ3) is 3.62. The lowest BCUT2D eigenvalue weighted by Gasteiger charge is -2.49. The van der Waals surface area contributed by atoms with Crippen molar-refractivity contribution in [1.29, 1.82) is 0 Å². The Balaban J connectivity index is 1.69. The smallest absolute Gasteiger partial charge is 0.173 e. The van der Waals surface area contributed by atoms with E-state index in [0.717, 1.165) is 0 Å². The molecule has 0 aromatic heterocycles. The van der Waals surface area contributed by atoms with Crippen molar-refractivity contribution >= 4 is 0 Å². The lowest BCUT2D eigenvalue weighted by molar-refractivity contribution is -0.328. The molecule has 1 aliphatic carbocycles. The Labute approximate surface area is 151 Å². The lowest BCUT2D eigenvalue weighted by atomic mass is 9.84. The standard InChI is InChI=1S/C15H30N4O7/c1-19-8-10(21)13-7(24-14(8)23)3-6(18)15(26-13)25-12-5(17)2-4(16)9(20)11(12)22/h4-15,19-23H,2-3,16-18H2,1H3/t4-,5?,6?,7+,8?,9?,10?,11-,12-,13+,14+,15+/m1/s1. The number of aliphatic hydroxyl groups excluding tert-OH is 4. The van der Waals surface area contributed by atoms with E-state index < -0.39 is 73.4 Å². The molecule has 0 bridgehead atoms. The Bertz CT molecular complexity index is 487. The highest BCUT2D eigenvalue weighted by molar-refractivity contribution is 5.00. The molecular formula is C15H30N4O7. The van der Waals surface area contributed by atoms with Crippen LogP contribution in [-0.4, -0.2) is 101 Å². The molecule has 3 aliphatic rings. The maximum Gasteiger partial charge on any atom is 0.173 e. The van der Waals surface area contributed by atoms with Crippen LogP contribution < -0.4 is 22.5 Å². The normalized spacial score (nSPS) is 55.4. The van der Waals surface area contributed by atoms with Crippen LogP contribution in [0.25, 0.3) is 0 Å². The zero-order valence-electron chi connectivity index (χ0n) is 14.6. The molecule has 0 radical (unpaired) electrons. The van der Waals surface area contributed by atoms with Gasteiger partial charge in [-0.2, -0.15) is 0 Å². The van der Waals surface area contributed by atoms with Gasteiger partial charge in [-0.05, 0) is 19.9 Å². The summed E-state index contributed by atoms with van der Waals surface area (Å²) < 4.78 is 17.1. The molecule has 2 heterocycles. The van der Waals surface area contributed by atoms with Crippen molar-refractivity contribution in [2.24, 2.45) is 17.2 Å². The summed E-state index contributed by atoms with van der Waals surface area (Å²) in [4.78, 5) is 0. The second kappa shape index (κ2) is 7.89.